The van der Waals surface area contributed by atoms with E-state index in [-0.39, 0.29) is 5.91 Å². The quantitative estimate of drug-likeness (QED) is 0.807. The average Bonchev–Trinajstić information content (AvgIpc) is 2.71. The van der Waals surface area contributed by atoms with Crippen molar-refractivity contribution in [2.45, 2.75) is 57.9 Å². The number of amides is 1. The van der Waals surface area contributed by atoms with Crippen LogP contribution < -0.4 is 10.6 Å². The van der Waals surface area contributed by atoms with Crippen molar-refractivity contribution >= 4 is 5.91 Å². The van der Waals surface area contributed by atoms with Gasteiger partial charge in [-0.25, -0.2) is 0 Å². The molecule has 4 heteroatoms. The second-order valence-corrected chi connectivity index (χ2v) is 6.32. The Morgan fingerprint density at radius 1 is 1.20 bits per heavy atom. The molecule has 2 aliphatic rings. The summed E-state index contributed by atoms with van der Waals surface area (Å²) in [6, 6.07) is 0.631. The largest absolute Gasteiger partial charge is 0.355 e. The second-order valence-electron chi connectivity index (χ2n) is 6.32. The Bertz CT molecular complexity index is 289. The first-order chi connectivity index (χ1) is 9.81. The molecule has 4 nitrogen and oxygen atoms in total. The van der Waals surface area contributed by atoms with Crippen LogP contribution in [0.1, 0.15) is 51.9 Å². The van der Waals surface area contributed by atoms with Gasteiger partial charge in [-0.2, -0.15) is 0 Å². The Hall–Kier alpha value is -0.610. The molecule has 2 N–H and O–H groups in total. The molecule has 0 aromatic rings. The van der Waals surface area contributed by atoms with Crippen LogP contribution in [0.15, 0.2) is 0 Å². The predicted octanol–water partition coefficient (Wildman–Crippen LogP) is 1.76. The lowest BCUT2D eigenvalue weighted by Crippen LogP contribution is -2.48. The maximum Gasteiger partial charge on any atom is 0.234 e. The molecular formula is C16H31N3O. The number of hydrogen-bond acceptors (Lipinski definition) is 3. The van der Waals surface area contributed by atoms with Gasteiger partial charge in [0, 0.05) is 12.6 Å². The molecule has 116 valence electrons. The van der Waals surface area contributed by atoms with Crippen LogP contribution in [0.2, 0.25) is 0 Å². The van der Waals surface area contributed by atoms with Crippen molar-refractivity contribution in [2.24, 2.45) is 5.92 Å². The van der Waals surface area contributed by atoms with Crippen molar-refractivity contribution in [3.05, 3.63) is 0 Å². The lowest BCUT2D eigenvalue weighted by molar-refractivity contribution is -0.123. The third kappa shape index (κ3) is 4.74. The van der Waals surface area contributed by atoms with Gasteiger partial charge in [-0.15, -0.1) is 0 Å². The van der Waals surface area contributed by atoms with Crippen molar-refractivity contribution in [1.82, 2.24) is 15.5 Å². The van der Waals surface area contributed by atoms with E-state index in [1.165, 1.54) is 38.5 Å². The van der Waals surface area contributed by atoms with Gasteiger partial charge in [0.2, 0.25) is 5.91 Å². The fourth-order valence-corrected chi connectivity index (χ4v) is 3.66. The van der Waals surface area contributed by atoms with Crippen LogP contribution in [-0.2, 0) is 4.79 Å². The molecule has 2 aliphatic heterocycles. The zero-order valence-corrected chi connectivity index (χ0v) is 13.0. The summed E-state index contributed by atoms with van der Waals surface area (Å²) in [5, 5.41) is 6.49. The van der Waals surface area contributed by atoms with E-state index in [0.717, 1.165) is 38.5 Å². The summed E-state index contributed by atoms with van der Waals surface area (Å²) in [6.07, 6.45) is 8.77. The van der Waals surface area contributed by atoms with E-state index >= 15 is 0 Å². The number of nitrogens with one attached hydrogen (secondary N) is 2. The van der Waals surface area contributed by atoms with Gasteiger partial charge in [0.15, 0.2) is 0 Å². The van der Waals surface area contributed by atoms with Gasteiger partial charge >= 0.3 is 0 Å². The molecule has 1 atom stereocenters. The van der Waals surface area contributed by atoms with Crippen molar-refractivity contribution in [3.63, 3.8) is 0 Å². The van der Waals surface area contributed by atoms with E-state index in [1.807, 2.05) is 0 Å². The summed E-state index contributed by atoms with van der Waals surface area (Å²) >= 11 is 0. The summed E-state index contributed by atoms with van der Waals surface area (Å²) in [7, 11) is 0. The van der Waals surface area contributed by atoms with E-state index in [1.54, 1.807) is 0 Å². The van der Waals surface area contributed by atoms with E-state index in [0.29, 0.717) is 12.6 Å². The molecule has 0 aromatic heterocycles. The first-order valence-electron chi connectivity index (χ1n) is 8.52. The Morgan fingerprint density at radius 2 is 2.00 bits per heavy atom. The van der Waals surface area contributed by atoms with Gasteiger partial charge in [-0.05, 0) is 57.7 Å². The molecule has 1 amide bonds. The van der Waals surface area contributed by atoms with Crippen LogP contribution in [0.4, 0.5) is 0 Å². The minimum absolute atomic E-state index is 0.215. The van der Waals surface area contributed by atoms with Crippen LogP contribution in [0.3, 0.4) is 0 Å². The number of nitrogens with zero attached hydrogens (tertiary/aromatic N) is 1. The topological polar surface area (TPSA) is 44.4 Å². The normalized spacial score (nSPS) is 26.1. The van der Waals surface area contributed by atoms with Gasteiger partial charge < -0.3 is 10.6 Å². The zero-order chi connectivity index (χ0) is 14.2. The third-order valence-electron chi connectivity index (χ3n) is 4.76. The molecule has 2 heterocycles. The fraction of sp³-hybridized carbons (Fsp3) is 0.938. The van der Waals surface area contributed by atoms with Crippen LogP contribution in [0, 0.1) is 5.92 Å². The first-order valence-corrected chi connectivity index (χ1v) is 8.52. The third-order valence-corrected chi connectivity index (χ3v) is 4.76. The van der Waals surface area contributed by atoms with Gasteiger partial charge in [0.1, 0.15) is 0 Å². The monoisotopic (exact) mass is 281 g/mol. The number of hydrogen-bond donors (Lipinski definition) is 2. The molecule has 2 rings (SSSR count). The second kappa shape index (κ2) is 8.63. The molecule has 0 aliphatic carbocycles. The maximum atomic E-state index is 12.0. The molecule has 2 fully saturated rings. The highest BCUT2D eigenvalue weighted by molar-refractivity contribution is 5.78. The minimum Gasteiger partial charge on any atom is -0.355 e. The summed E-state index contributed by atoms with van der Waals surface area (Å²) in [6.45, 7) is 6.92. The predicted molar refractivity (Wildman–Crippen MR) is 82.7 cm³/mol. The van der Waals surface area contributed by atoms with Crippen molar-refractivity contribution in [2.75, 3.05) is 32.7 Å². The van der Waals surface area contributed by atoms with Gasteiger partial charge in [-0.1, -0.05) is 19.8 Å². The summed E-state index contributed by atoms with van der Waals surface area (Å²) < 4.78 is 0. The Balaban J connectivity index is 1.91. The smallest absolute Gasteiger partial charge is 0.234 e. The van der Waals surface area contributed by atoms with Crippen molar-refractivity contribution < 1.29 is 4.79 Å². The molecule has 1 unspecified atom stereocenters. The number of carbonyl (C=O) groups excluding carboxylic acids is 1. The molecule has 20 heavy (non-hydrogen) atoms. The maximum absolute atomic E-state index is 12.0. The van der Waals surface area contributed by atoms with Crippen LogP contribution in [0.25, 0.3) is 0 Å². The Labute approximate surface area is 123 Å². The lowest BCUT2D eigenvalue weighted by atomic mass is 9.87. The molecule has 0 spiro atoms. The van der Waals surface area contributed by atoms with E-state index in [9.17, 15) is 4.79 Å². The van der Waals surface area contributed by atoms with Crippen LogP contribution >= 0.6 is 0 Å². The van der Waals surface area contributed by atoms with E-state index in [4.69, 9.17) is 0 Å². The number of rotatable bonds is 5. The molecule has 0 bridgehead atoms. The molecule has 0 saturated carbocycles. The Kier molecular flexibility index (Phi) is 6.80. The SMILES string of the molecule is CCCNC(=O)CN1CCCCCC1C1CCNCC1. The highest BCUT2D eigenvalue weighted by Crippen LogP contribution is 2.27. The molecular weight excluding hydrogens is 250 g/mol. The first kappa shape index (κ1) is 15.8. The Morgan fingerprint density at radius 3 is 2.75 bits per heavy atom. The van der Waals surface area contributed by atoms with Crippen LogP contribution in [0.5, 0.6) is 0 Å². The molecule has 2 saturated heterocycles. The van der Waals surface area contributed by atoms with Crippen molar-refractivity contribution in [3.8, 4) is 0 Å². The van der Waals surface area contributed by atoms with Gasteiger partial charge in [0.25, 0.3) is 0 Å². The lowest BCUT2D eigenvalue weighted by Gasteiger charge is -2.37. The number of carbonyl (C=O) groups is 1. The minimum atomic E-state index is 0.215. The fourth-order valence-electron chi connectivity index (χ4n) is 3.66. The van der Waals surface area contributed by atoms with Gasteiger partial charge in [0.05, 0.1) is 6.54 Å². The summed E-state index contributed by atoms with van der Waals surface area (Å²) in [5.74, 6) is 1.00. The average molecular weight is 281 g/mol. The highest BCUT2D eigenvalue weighted by Gasteiger charge is 2.30. The highest BCUT2D eigenvalue weighted by atomic mass is 16.2. The summed E-state index contributed by atoms with van der Waals surface area (Å²) in [4.78, 5) is 14.5. The molecule has 0 radical (unpaired) electrons. The number of piperidine rings is 1. The van der Waals surface area contributed by atoms with Crippen LogP contribution in [-0.4, -0.2) is 49.6 Å². The van der Waals surface area contributed by atoms with Gasteiger partial charge in [-0.3, -0.25) is 9.69 Å². The standard InChI is InChI=1S/C16H31N3O/c1-2-9-18-16(20)13-19-12-5-3-4-6-15(19)14-7-10-17-11-8-14/h14-15,17H,2-13H2,1H3,(H,18,20). The van der Waals surface area contributed by atoms with E-state index in [2.05, 4.69) is 22.5 Å². The van der Waals surface area contributed by atoms with Crippen molar-refractivity contribution in [1.29, 1.82) is 0 Å². The summed E-state index contributed by atoms with van der Waals surface area (Å²) in [5.41, 5.74) is 0. The molecule has 0 aromatic carbocycles. The zero-order valence-electron chi connectivity index (χ0n) is 13.0. The number of likely N-dealkylation sites (tertiary alicyclic amines) is 1. The van der Waals surface area contributed by atoms with E-state index < -0.39 is 0 Å².